The van der Waals surface area contributed by atoms with E-state index < -0.39 is 0 Å². The molecule has 1 heterocycles. The van der Waals surface area contributed by atoms with Crippen LogP contribution in [0, 0.1) is 0 Å². The molecule has 0 radical (unpaired) electrons. The second kappa shape index (κ2) is 6.81. The molecule has 0 saturated heterocycles. The molecule has 0 bridgehead atoms. The lowest BCUT2D eigenvalue weighted by atomic mass is 10.2. The molecule has 0 fully saturated rings. The van der Waals surface area contributed by atoms with Crippen molar-refractivity contribution in [2.45, 2.75) is 13.5 Å². The van der Waals surface area contributed by atoms with E-state index in [1.165, 1.54) is 0 Å². The van der Waals surface area contributed by atoms with Gasteiger partial charge in [-0.3, -0.25) is 10.1 Å². The summed E-state index contributed by atoms with van der Waals surface area (Å²) in [5.41, 5.74) is 0.882. The SMILES string of the molecule is CCN(C)C(=O)CNCc1nnc(-c2ccccc2)o1. The number of nitrogens with zero attached hydrogens (tertiary/aromatic N) is 3. The van der Waals surface area contributed by atoms with E-state index in [1.807, 2.05) is 37.3 Å². The van der Waals surface area contributed by atoms with Gasteiger partial charge in [0.2, 0.25) is 17.7 Å². The normalized spacial score (nSPS) is 10.5. The van der Waals surface area contributed by atoms with Gasteiger partial charge in [-0.1, -0.05) is 18.2 Å². The van der Waals surface area contributed by atoms with Crippen molar-refractivity contribution in [2.75, 3.05) is 20.1 Å². The molecule has 0 unspecified atom stereocenters. The molecule has 106 valence electrons. The van der Waals surface area contributed by atoms with Gasteiger partial charge in [0.15, 0.2) is 0 Å². The number of aromatic nitrogens is 2. The summed E-state index contributed by atoms with van der Waals surface area (Å²) in [6.45, 7) is 3.26. The molecule has 1 amide bonds. The van der Waals surface area contributed by atoms with E-state index in [1.54, 1.807) is 11.9 Å². The zero-order valence-electron chi connectivity index (χ0n) is 11.7. The minimum atomic E-state index is 0.0373. The van der Waals surface area contributed by atoms with Gasteiger partial charge in [-0.15, -0.1) is 10.2 Å². The molecule has 0 aliphatic rings. The summed E-state index contributed by atoms with van der Waals surface area (Å²) in [6.07, 6.45) is 0. The third-order valence-corrected chi connectivity index (χ3v) is 2.94. The fourth-order valence-electron chi connectivity index (χ4n) is 1.61. The summed E-state index contributed by atoms with van der Waals surface area (Å²) in [5.74, 6) is 0.991. The van der Waals surface area contributed by atoms with E-state index >= 15 is 0 Å². The zero-order chi connectivity index (χ0) is 14.4. The fourth-order valence-corrected chi connectivity index (χ4v) is 1.61. The molecule has 0 aliphatic carbocycles. The van der Waals surface area contributed by atoms with Crippen LogP contribution in [-0.4, -0.2) is 41.1 Å². The monoisotopic (exact) mass is 274 g/mol. The summed E-state index contributed by atoms with van der Waals surface area (Å²) >= 11 is 0. The van der Waals surface area contributed by atoms with Gasteiger partial charge in [0.1, 0.15) is 0 Å². The lowest BCUT2D eigenvalue weighted by Gasteiger charge is -2.13. The Labute approximate surface area is 117 Å². The highest BCUT2D eigenvalue weighted by Crippen LogP contribution is 2.16. The highest BCUT2D eigenvalue weighted by Gasteiger charge is 2.09. The van der Waals surface area contributed by atoms with E-state index in [0.29, 0.717) is 24.9 Å². The van der Waals surface area contributed by atoms with E-state index in [2.05, 4.69) is 15.5 Å². The number of likely N-dealkylation sites (N-methyl/N-ethyl adjacent to an activating group) is 1. The van der Waals surface area contributed by atoms with Crippen LogP contribution in [0.3, 0.4) is 0 Å². The largest absolute Gasteiger partial charge is 0.419 e. The number of nitrogens with one attached hydrogen (secondary N) is 1. The average Bonchev–Trinajstić information content (AvgIpc) is 2.96. The standard InChI is InChI=1S/C14H18N4O2/c1-3-18(2)13(19)10-15-9-12-16-17-14(20-12)11-7-5-4-6-8-11/h4-8,15H,3,9-10H2,1-2H3. The van der Waals surface area contributed by atoms with Gasteiger partial charge >= 0.3 is 0 Å². The van der Waals surface area contributed by atoms with Crippen molar-refractivity contribution in [1.82, 2.24) is 20.4 Å². The van der Waals surface area contributed by atoms with Crippen LogP contribution in [0.25, 0.3) is 11.5 Å². The summed E-state index contributed by atoms with van der Waals surface area (Å²) in [6, 6.07) is 9.57. The molecule has 20 heavy (non-hydrogen) atoms. The van der Waals surface area contributed by atoms with Gasteiger partial charge in [0.25, 0.3) is 0 Å². The number of rotatable bonds is 6. The predicted molar refractivity (Wildman–Crippen MR) is 74.8 cm³/mol. The van der Waals surface area contributed by atoms with Crippen LogP contribution in [0.5, 0.6) is 0 Å². The zero-order valence-corrected chi connectivity index (χ0v) is 11.7. The summed E-state index contributed by atoms with van der Waals surface area (Å²) < 4.78 is 5.53. The highest BCUT2D eigenvalue weighted by molar-refractivity contribution is 5.77. The van der Waals surface area contributed by atoms with Gasteiger partial charge in [0.05, 0.1) is 13.1 Å². The number of amides is 1. The Kier molecular flexibility index (Phi) is 4.84. The predicted octanol–water partition coefficient (Wildman–Crippen LogP) is 1.30. The van der Waals surface area contributed by atoms with Crippen molar-refractivity contribution in [3.63, 3.8) is 0 Å². The molecule has 1 aromatic carbocycles. The first-order chi connectivity index (χ1) is 9.70. The third-order valence-electron chi connectivity index (χ3n) is 2.94. The fraction of sp³-hybridized carbons (Fsp3) is 0.357. The molecule has 2 aromatic rings. The van der Waals surface area contributed by atoms with Crippen LogP contribution in [-0.2, 0) is 11.3 Å². The third kappa shape index (κ3) is 3.64. The molecule has 1 N–H and O–H groups in total. The Morgan fingerprint density at radius 3 is 2.75 bits per heavy atom. The highest BCUT2D eigenvalue weighted by atomic mass is 16.4. The quantitative estimate of drug-likeness (QED) is 0.859. The van der Waals surface area contributed by atoms with Crippen molar-refractivity contribution < 1.29 is 9.21 Å². The molecule has 6 heteroatoms. The number of hydrogen-bond acceptors (Lipinski definition) is 5. The van der Waals surface area contributed by atoms with Crippen LogP contribution >= 0.6 is 0 Å². The van der Waals surface area contributed by atoms with Gasteiger partial charge in [0, 0.05) is 19.2 Å². The maximum absolute atomic E-state index is 11.6. The minimum Gasteiger partial charge on any atom is -0.419 e. The van der Waals surface area contributed by atoms with Crippen molar-refractivity contribution in [3.05, 3.63) is 36.2 Å². The van der Waals surface area contributed by atoms with Crippen LogP contribution in [0.2, 0.25) is 0 Å². The molecule has 6 nitrogen and oxygen atoms in total. The topological polar surface area (TPSA) is 71.3 Å². The summed E-state index contributed by atoms with van der Waals surface area (Å²) in [7, 11) is 1.77. The molecule has 0 spiro atoms. The smallest absolute Gasteiger partial charge is 0.247 e. The lowest BCUT2D eigenvalue weighted by Crippen LogP contribution is -2.35. The Bertz CT molecular complexity index is 553. The van der Waals surface area contributed by atoms with Crippen molar-refractivity contribution >= 4 is 5.91 Å². The van der Waals surface area contributed by atoms with E-state index in [-0.39, 0.29) is 12.5 Å². The van der Waals surface area contributed by atoms with Crippen LogP contribution < -0.4 is 5.32 Å². The molecule has 0 atom stereocenters. The summed E-state index contributed by atoms with van der Waals surface area (Å²) in [5, 5.41) is 10.9. The van der Waals surface area contributed by atoms with Gasteiger partial charge in [-0.2, -0.15) is 0 Å². The number of benzene rings is 1. The Balaban J connectivity index is 1.86. The Morgan fingerprint density at radius 2 is 2.05 bits per heavy atom. The number of hydrogen-bond donors (Lipinski definition) is 1. The first-order valence-corrected chi connectivity index (χ1v) is 6.53. The minimum absolute atomic E-state index is 0.0373. The average molecular weight is 274 g/mol. The summed E-state index contributed by atoms with van der Waals surface area (Å²) in [4.78, 5) is 13.2. The Morgan fingerprint density at radius 1 is 1.30 bits per heavy atom. The maximum atomic E-state index is 11.6. The molecular formula is C14H18N4O2. The molecular weight excluding hydrogens is 256 g/mol. The van der Waals surface area contributed by atoms with E-state index in [9.17, 15) is 4.79 Å². The second-order valence-corrected chi connectivity index (χ2v) is 4.38. The molecule has 0 aliphatic heterocycles. The van der Waals surface area contributed by atoms with Crippen molar-refractivity contribution in [1.29, 1.82) is 0 Å². The number of carbonyl (C=O) groups is 1. The van der Waals surface area contributed by atoms with Crippen LogP contribution in [0.1, 0.15) is 12.8 Å². The van der Waals surface area contributed by atoms with Crippen LogP contribution in [0.4, 0.5) is 0 Å². The van der Waals surface area contributed by atoms with Crippen molar-refractivity contribution in [3.8, 4) is 11.5 Å². The van der Waals surface area contributed by atoms with Gasteiger partial charge in [-0.05, 0) is 19.1 Å². The maximum Gasteiger partial charge on any atom is 0.247 e. The lowest BCUT2D eigenvalue weighted by molar-refractivity contribution is -0.128. The molecule has 1 aromatic heterocycles. The first kappa shape index (κ1) is 14.2. The molecule has 0 saturated carbocycles. The van der Waals surface area contributed by atoms with Gasteiger partial charge < -0.3 is 9.32 Å². The second-order valence-electron chi connectivity index (χ2n) is 4.38. The van der Waals surface area contributed by atoms with E-state index in [4.69, 9.17) is 4.42 Å². The first-order valence-electron chi connectivity index (χ1n) is 6.53. The van der Waals surface area contributed by atoms with Gasteiger partial charge in [-0.25, -0.2) is 0 Å². The van der Waals surface area contributed by atoms with E-state index in [0.717, 1.165) is 5.56 Å². The molecule has 2 rings (SSSR count). The van der Waals surface area contributed by atoms with Crippen LogP contribution in [0.15, 0.2) is 34.7 Å². The van der Waals surface area contributed by atoms with Crippen molar-refractivity contribution in [2.24, 2.45) is 0 Å². The number of carbonyl (C=O) groups excluding carboxylic acids is 1. The Hall–Kier alpha value is -2.21.